The number of alkyl carbamates (subject to hydrolysis) is 1. The molecule has 1 aliphatic rings. The first-order chi connectivity index (χ1) is 14.6. The summed E-state index contributed by atoms with van der Waals surface area (Å²) in [5.41, 5.74) is 5.43. The van der Waals surface area contributed by atoms with E-state index in [1.165, 1.54) is 34.4 Å². The Kier molecular flexibility index (Phi) is 5.80. The van der Waals surface area contributed by atoms with Crippen LogP contribution in [0.2, 0.25) is 0 Å². The maximum absolute atomic E-state index is 13.0. The zero-order chi connectivity index (χ0) is 20.9. The van der Waals surface area contributed by atoms with Gasteiger partial charge >= 0.3 is 6.09 Å². The third-order valence-electron chi connectivity index (χ3n) is 5.20. The van der Waals surface area contributed by atoms with E-state index in [0.717, 1.165) is 0 Å². The summed E-state index contributed by atoms with van der Waals surface area (Å²) < 4.78 is 18.5. The maximum atomic E-state index is 13.0. The Labute approximate surface area is 174 Å². The Balaban J connectivity index is 1.27. The number of aromatic hydroxyl groups is 1. The lowest BCUT2D eigenvalue weighted by Crippen LogP contribution is -2.26. The molecule has 4 nitrogen and oxygen atoms in total. The number of benzene rings is 3. The third-order valence-corrected chi connectivity index (χ3v) is 5.20. The quantitative estimate of drug-likeness (QED) is 0.536. The average Bonchev–Trinajstić information content (AvgIpc) is 3.08. The van der Waals surface area contributed by atoms with Crippen molar-refractivity contribution in [2.24, 2.45) is 0 Å². The highest BCUT2D eigenvalue weighted by Gasteiger charge is 2.28. The number of phenolic OH excluding ortho intramolecular Hbond substituents is 1. The Bertz CT molecular complexity index is 1050. The van der Waals surface area contributed by atoms with Crippen LogP contribution in [0.4, 0.5) is 9.18 Å². The van der Waals surface area contributed by atoms with Crippen LogP contribution in [0.3, 0.4) is 0 Å². The second-order valence-electron chi connectivity index (χ2n) is 7.15. The van der Waals surface area contributed by atoms with Crippen molar-refractivity contribution in [3.8, 4) is 16.9 Å². The zero-order valence-electron chi connectivity index (χ0n) is 16.3. The van der Waals surface area contributed by atoms with Gasteiger partial charge in [0.25, 0.3) is 0 Å². The van der Waals surface area contributed by atoms with Crippen molar-refractivity contribution in [1.82, 2.24) is 5.32 Å². The summed E-state index contributed by atoms with van der Waals surface area (Å²) in [5, 5.41) is 12.1. The van der Waals surface area contributed by atoms with Gasteiger partial charge in [-0.25, -0.2) is 9.18 Å². The van der Waals surface area contributed by atoms with Gasteiger partial charge in [-0.2, -0.15) is 0 Å². The van der Waals surface area contributed by atoms with E-state index in [9.17, 15) is 14.3 Å². The molecule has 0 saturated carbocycles. The number of fused-ring (bicyclic) bond motifs is 3. The van der Waals surface area contributed by atoms with Crippen LogP contribution in [-0.4, -0.2) is 24.4 Å². The minimum absolute atomic E-state index is 0.0363. The van der Waals surface area contributed by atoms with E-state index in [1.54, 1.807) is 12.1 Å². The summed E-state index contributed by atoms with van der Waals surface area (Å²) in [4.78, 5) is 12.1. The van der Waals surface area contributed by atoms with Crippen LogP contribution in [-0.2, 0) is 4.74 Å². The summed E-state index contributed by atoms with van der Waals surface area (Å²) in [6.45, 7) is 0.699. The van der Waals surface area contributed by atoms with Gasteiger partial charge in [-0.05, 0) is 46.4 Å². The summed E-state index contributed by atoms with van der Waals surface area (Å²) in [7, 11) is 0. The van der Waals surface area contributed by atoms with Crippen LogP contribution in [0.1, 0.15) is 29.0 Å². The first kappa shape index (κ1) is 19.7. The lowest BCUT2D eigenvalue weighted by atomic mass is 9.98. The van der Waals surface area contributed by atoms with Gasteiger partial charge in [0, 0.05) is 12.5 Å². The van der Waals surface area contributed by atoms with E-state index in [4.69, 9.17) is 4.74 Å². The van der Waals surface area contributed by atoms with Gasteiger partial charge in [0.05, 0.1) is 0 Å². The summed E-state index contributed by atoms with van der Waals surface area (Å²) in [5.74, 6) is -0.993. The number of rotatable bonds is 6. The molecule has 3 aromatic rings. The molecule has 0 atom stereocenters. The molecule has 30 heavy (non-hydrogen) atoms. The van der Waals surface area contributed by atoms with Crippen molar-refractivity contribution in [2.45, 2.75) is 12.3 Å². The molecule has 3 aromatic carbocycles. The van der Waals surface area contributed by atoms with Crippen LogP contribution in [0.25, 0.3) is 17.2 Å². The van der Waals surface area contributed by atoms with E-state index in [0.29, 0.717) is 18.5 Å². The summed E-state index contributed by atoms with van der Waals surface area (Å²) in [6, 6.07) is 20.6. The first-order valence-electron chi connectivity index (χ1n) is 9.87. The molecule has 4 rings (SSSR count). The Hall–Kier alpha value is -3.60. The van der Waals surface area contributed by atoms with Crippen molar-refractivity contribution in [3.05, 3.63) is 95.3 Å². The van der Waals surface area contributed by atoms with E-state index < -0.39 is 11.9 Å². The number of carbonyl (C=O) groups is 1. The maximum Gasteiger partial charge on any atom is 0.407 e. The number of carbonyl (C=O) groups excluding carboxylic acids is 1. The molecular weight excluding hydrogens is 381 g/mol. The fourth-order valence-electron chi connectivity index (χ4n) is 3.76. The van der Waals surface area contributed by atoms with Crippen LogP contribution < -0.4 is 5.32 Å². The Morgan fingerprint density at radius 2 is 1.70 bits per heavy atom. The smallest absolute Gasteiger partial charge is 0.407 e. The molecule has 0 unspecified atom stereocenters. The standard InChI is InChI=1S/C25H22FNO3/c26-23-13-12-17(15-24(23)28)7-5-6-14-27-25(29)30-16-22-20-10-3-1-8-18(20)19-9-2-4-11-21(19)22/h1-5,7-13,15,22,28H,6,14,16H2,(H,27,29). The fourth-order valence-corrected chi connectivity index (χ4v) is 3.76. The van der Waals surface area contributed by atoms with Crippen molar-refractivity contribution in [3.63, 3.8) is 0 Å². The van der Waals surface area contributed by atoms with Gasteiger partial charge in [0.1, 0.15) is 6.61 Å². The number of amides is 1. The monoisotopic (exact) mass is 403 g/mol. The van der Waals surface area contributed by atoms with Gasteiger partial charge in [0.15, 0.2) is 11.6 Å². The summed E-state index contributed by atoms with van der Waals surface area (Å²) >= 11 is 0. The van der Waals surface area contributed by atoms with Crippen molar-refractivity contribution in [2.75, 3.05) is 13.2 Å². The van der Waals surface area contributed by atoms with Crippen molar-refractivity contribution < 1.29 is 19.0 Å². The van der Waals surface area contributed by atoms with Crippen molar-refractivity contribution >= 4 is 12.2 Å². The number of phenols is 1. The highest BCUT2D eigenvalue weighted by Crippen LogP contribution is 2.44. The molecule has 2 N–H and O–H groups in total. The van der Waals surface area contributed by atoms with E-state index in [1.807, 2.05) is 30.3 Å². The molecule has 0 aromatic heterocycles. The van der Waals surface area contributed by atoms with Crippen LogP contribution in [0.15, 0.2) is 72.8 Å². The van der Waals surface area contributed by atoms with Crippen molar-refractivity contribution in [1.29, 1.82) is 0 Å². The molecule has 0 heterocycles. The molecule has 0 fully saturated rings. The largest absolute Gasteiger partial charge is 0.505 e. The molecule has 0 bridgehead atoms. The predicted octanol–water partition coefficient (Wildman–Crippen LogP) is 5.47. The molecule has 1 aliphatic carbocycles. The third kappa shape index (κ3) is 4.20. The number of hydrogen-bond donors (Lipinski definition) is 2. The SMILES string of the molecule is O=C(NCCC=Cc1ccc(F)c(O)c1)OCC1c2ccccc2-c2ccccc21. The minimum Gasteiger partial charge on any atom is -0.505 e. The Morgan fingerprint density at radius 1 is 1.03 bits per heavy atom. The first-order valence-corrected chi connectivity index (χ1v) is 9.87. The number of ether oxygens (including phenoxy) is 1. The normalized spacial score (nSPS) is 12.6. The van der Waals surface area contributed by atoms with Gasteiger partial charge in [0.2, 0.25) is 0 Å². The highest BCUT2D eigenvalue weighted by molar-refractivity contribution is 5.79. The number of nitrogens with one attached hydrogen (secondary N) is 1. The van der Waals surface area contributed by atoms with Gasteiger partial charge in [-0.3, -0.25) is 0 Å². The van der Waals surface area contributed by atoms with E-state index in [-0.39, 0.29) is 18.3 Å². The molecule has 0 saturated heterocycles. The molecule has 0 radical (unpaired) electrons. The van der Waals surface area contributed by atoms with Crippen LogP contribution in [0.5, 0.6) is 5.75 Å². The zero-order valence-corrected chi connectivity index (χ0v) is 16.3. The van der Waals surface area contributed by atoms with E-state index >= 15 is 0 Å². The number of hydrogen-bond acceptors (Lipinski definition) is 3. The van der Waals surface area contributed by atoms with E-state index in [2.05, 4.69) is 29.6 Å². The van der Waals surface area contributed by atoms with Crippen LogP contribution in [0, 0.1) is 5.82 Å². The molecule has 0 spiro atoms. The topological polar surface area (TPSA) is 58.6 Å². The van der Waals surface area contributed by atoms with Gasteiger partial charge in [-0.1, -0.05) is 66.7 Å². The molecule has 1 amide bonds. The van der Waals surface area contributed by atoms with Crippen LogP contribution >= 0.6 is 0 Å². The average molecular weight is 403 g/mol. The molecular formula is C25H22FNO3. The number of halogens is 1. The lowest BCUT2D eigenvalue weighted by molar-refractivity contribution is 0.143. The fraction of sp³-hybridized carbons (Fsp3) is 0.160. The summed E-state index contributed by atoms with van der Waals surface area (Å²) in [6.07, 6.45) is 3.74. The second-order valence-corrected chi connectivity index (χ2v) is 7.15. The Morgan fingerprint density at radius 3 is 2.37 bits per heavy atom. The predicted molar refractivity (Wildman–Crippen MR) is 115 cm³/mol. The minimum atomic E-state index is -0.649. The second kappa shape index (κ2) is 8.82. The molecule has 0 aliphatic heterocycles. The highest BCUT2D eigenvalue weighted by atomic mass is 19.1. The van der Waals surface area contributed by atoms with Gasteiger partial charge < -0.3 is 15.2 Å². The lowest BCUT2D eigenvalue weighted by Gasteiger charge is -2.14. The molecule has 5 heteroatoms. The van der Waals surface area contributed by atoms with Gasteiger partial charge in [-0.15, -0.1) is 0 Å². The molecule has 152 valence electrons.